The predicted molar refractivity (Wildman–Crippen MR) is 212 cm³/mol. The molecule has 2 amide bonds. The third-order valence-corrected chi connectivity index (χ3v) is 10.7. The highest BCUT2D eigenvalue weighted by atomic mass is 16.7. The van der Waals surface area contributed by atoms with Crippen LogP contribution in [0.3, 0.4) is 0 Å². The molecule has 4 aromatic carbocycles. The van der Waals surface area contributed by atoms with Gasteiger partial charge >= 0.3 is 0 Å². The largest absolute Gasteiger partial charge is 0.493 e. The van der Waals surface area contributed by atoms with E-state index in [0.29, 0.717) is 19.5 Å². The Bertz CT molecular complexity index is 1880. The molecule has 0 radical (unpaired) electrons. The van der Waals surface area contributed by atoms with Crippen LogP contribution in [0.2, 0.25) is 0 Å². The van der Waals surface area contributed by atoms with Crippen LogP contribution in [0.25, 0.3) is 11.1 Å². The standard InChI is InChI=1S/C45H55N3O7/c1-30-42(28-48-22-20-38-24-40(52-3)41(53-4)25-39(38)27-48)54-45(55-44(30)35-14-12-32(29-49)13-15-35)36-18-16-34(17-19-36)37-10-8-9-33(23-37)26-47-43(51)11-6-5-7-21-46-31(2)50/h8-10,12-19,23-25,30,42,44-45,49H,5-7,11,20-22,26-29H2,1-4H3,(H,46,50)(H,47,51)/t30-,42+,44+,45+/m1/s1. The van der Waals surface area contributed by atoms with E-state index in [1.165, 1.54) is 18.1 Å². The SMILES string of the molecule is COc1cc2c(cc1OC)CN(C[C@@H]1O[C@H](c3ccc(-c4cccc(CNC(=O)CCCCCNC(C)=O)c4)cc3)O[C@H](c3ccc(CO)cc3)[C@@H]1C)CC2. The molecule has 4 atom stereocenters. The average Bonchev–Trinajstić information content (AvgIpc) is 3.21. The van der Waals surface area contributed by atoms with Crippen molar-refractivity contribution in [2.24, 2.45) is 5.92 Å². The zero-order valence-corrected chi connectivity index (χ0v) is 32.5. The number of benzene rings is 4. The maximum atomic E-state index is 12.5. The minimum atomic E-state index is -0.564. The van der Waals surface area contributed by atoms with Crippen LogP contribution in [0.1, 0.15) is 85.3 Å². The summed E-state index contributed by atoms with van der Waals surface area (Å²) in [6.45, 7) is 7.27. The summed E-state index contributed by atoms with van der Waals surface area (Å²) in [7, 11) is 3.35. The number of aliphatic hydroxyl groups is 1. The normalized spacial score (nSPS) is 19.7. The second-order valence-corrected chi connectivity index (χ2v) is 14.7. The molecule has 2 heterocycles. The first-order valence-corrected chi connectivity index (χ1v) is 19.4. The summed E-state index contributed by atoms with van der Waals surface area (Å²) in [6.07, 6.45) is 3.08. The van der Waals surface area contributed by atoms with Gasteiger partial charge in [-0.15, -0.1) is 0 Å². The van der Waals surface area contributed by atoms with Crippen molar-refractivity contribution in [1.29, 1.82) is 0 Å². The van der Waals surface area contributed by atoms with Crippen LogP contribution in [0.4, 0.5) is 0 Å². The van der Waals surface area contributed by atoms with Gasteiger partial charge in [0.2, 0.25) is 11.8 Å². The number of nitrogens with one attached hydrogen (secondary N) is 2. The molecule has 1 saturated heterocycles. The van der Waals surface area contributed by atoms with Crippen molar-refractivity contribution in [3.63, 3.8) is 0 Å². The van der Waals surface area contributed by atoms with E-state index in [0.717, 1.165) is 90.2 Å². The van der Waals surface area contributed by atoms with Gasteiger partial charge in [0.1, 0.15) is 0 Å². The van der Waals surface area contributed by atoms with Gasteiger partial charge in [-0.05, 0) is 76.4 Å². The van der Waals surface area contributed by atoms with Crippen molar-refractivity contribution >= 4 is 11.8 Å². The van der Waals surface area contributed by atoms with Gasteiger partial charge in [0.05, 0.1) is 33.0 Å². The third kappa shape index (κ3) is 10.5. The molecule has 2 aliphatic rings. The fourth-order valence-corrected chi connectivity index (χ4v) is 7.51. The lowest BCUT2D eigenvalue weighted by molar-refractivity contribution is -0.276. The number of hydrogen-bond donors (Lipinski definition) is 3. The Hall–Kier alpha value is -4.74. The number of carbonyl (C=O) groups is 2. The highest BCUT2D eigenvalue weighted by Gasteiger charge is 2.39. The smallest absolute Gasteiger partial charge is 0.220 e. The van der Waals surface area contributed by atoms with Gasteiger partial charge in [-0.1, -0.05) is 80.1 Å². The van der Waals surface area contributed by atoms with Crippen molar-refractivity contribution < 1.29 is 33.6 Å². The van der Waals surface area contributed by atoms with Gasteiger partial charge in [0.15, 0.2) is 17.8 Å². The molecule has 55 heavy (non-hydrogen) atoms. The molecule has 10 heteroatoms. The van der Waals surface area contributed by atoms with Crippen LogP contribution in [-0.4, -0.2) is 61.8 Å². The first-order chi connectivity index (χ1) is 26.7. The van der Waals surface area contributed by atoms with Crippen molar-refractivity contribution in [3.8, 4) is 22.6 Å². The summed E-state index contributed by atoms with van der Waals surface area (Å²) in [5.41, 5.74) is 8.55. The molecule has 3 N–H and O–H groups in total. The third-order valence-electron chi connectivity index (χ3n) is 10.7. The molecule has 1 fully saturated rings. The lowest BCUT2D eigenvalue weighted by Gasteiger charge is -2.43. The highest BCUT2D eigenvalue weighted by Crippen LogP contribution is 2.43. The summed E-state index contributed by atoms with van der Waals surface area (Å²) in [5.74, 6) is 1.58. The van der Waals surface area contributed by atoms with Crippen LogP contribution in [0, 0.1) is 5.92 Å². The number of unbranched alkanes of at least 4 members (excludes halogenated alkanes) is 2. The predicted octanol–water partition coefficient (Wildman–Crippen LogP) is 7.03. The average molecular weight is 750 g/mol. The maximum Gasteiger partial charge on any atom is 0.220 e. The van der Waals surface area contributed by atoms with E-state index in [-0.39, 0.29) is 36.5 Å². The van der Waals surface area contributed by atoms with Crippen molar-refractivity contribution in [1.82, 2.24) is 15.5 Å². The van der Waals surface area contributed by atoms with E-state index in [4.69, 9.17) is 18.9 Å². The van der Waals surface area contributed by atoms with Gasteiger partial charge in [0.25, 0.3) is 0 Å². The molecule has 0 bridgehead atoms. The number of rotatable bonds is 16. The monoisotopic (exact) mass is 749 g/mol. The van der Waals surface area contributed by atoms with Gasteiger partial charge in [-0.25, -0.2) is 0 Å². The maximum absolute atomic E-state index is 12.5. The quantitative estimate of drug-likeness (QED) is 0.105. The zero-order valence-electron chi connectivity index (χ0n) is 32.5. The van der Waals surface area contributed by atoms with Crippen LogP contribution >= 0.6 is 0 Å². The number of aliphatic hydroxyl groups excluding tert-OH is 1. The Balaban J connectivity index is 1.12. The van der Waals surface area contributed by atoms with E-state index < -0.39 is 6.29 Å². The van der Waals surface area contributed by atoms with Crippen LogP contribution in [-0.2, 0) is 45.2 Å². The molecule has 0 unspecified atom stereocenters. The fourth-order valence-electron chi connectivity index (χ4n) is 7.51. The van der Waals surface area contributed by atoms with E-state index in [1.54, 1.807) is 14.2 Å². The Morgan fingerprint density at radius 1 is 0.818 bits per heavy atom. The minimum Gasteiger partial charge on any atom is -0.493 e. The van der Waals surface area contributed by atoms with Crippen molar-refractivity contribution in [2.75, 3.05) is 33.9 Å². The fraction of sp³-hybridized carbons (Fsp3) is 0.422. The van der Waals surface area contributed by atoms with E-state index in [2.05, 4.69) is 83.1 Å². The van der Waals surface area contributed by atoms with Crippen molar-refractivity contribution in [2.45, 2.75) is 84.1 Å². The number of nitrogens with zero attached hydrogens (tertiary/aromatic N) is 1. The Morgan fingerprint density at radius 2 is 1.55 bits per heavy atom. The molecule has 6 rings (SSSR count). The second kappa shape index (κ2) is 19.2. The number of amides is 2. The first-order valence-electron chi connectivity index (χ1n) is 19.4. The molecule has 0 spiro atoms. The molecular formula is C45H55N3O7. The molecule has 10 nitrogen and oxygen atoms in total. The van der Waals surface area contributed by atoms with Crippen molar-refractivity contribution in [3.05, 3.63) is 118 Å². The number of ether oxygens (including phenoxy) is 4. The van der Waals surface area contributed by atoms with E-state index >= 15 is 0 Å². The Kier molecular flexibility index (Phi) is 14.0. The number of carbonyl (C=O) groups excluding carboxylic acids is 2. The minimum absolute atomic E-state index is 0.00423. The van der Waals surface area contributed by atoms with Gasteiger partial charge in [-0.3, -0.25) is 14.5 Å². The van der Waals surface area contributed by atoms with Gasteiger partial charge < -0.3 is 34.7 Å². The number of hydrogen-bond acceptors (Lipinski definition) is 8. The second-order valence-electron chi connectivity index (χ2n) is 14.7. The summed E-state index contributed by atoms with van der Waals surface area (Å²) in [4.78, 5) is 25.9. The molecule has 0 aromatic heterocycles. The molecule has 0 aliphatic carbocycles. The summed E-state index contributed by atoms with van der Waals surface area (Å²) in [5, 5.41) is 15.5. The zero-order chi connectivity index (χ0) is 38.7. The molecular weight excluding hydrogens is 695 g/mol. The summed E-state index contributed by atoms with van der Waals surface area (Å²) >= 11 is 0. The lowest BCUT2D eigenvalue weighted by Crippen LogP contribution is -2.45. The first kappa shape index (κ1) is 39.9. The Morgan fingerprint density at radius 3 is 2.25 bits per heavy atom. The topological polar surface area (TPSA) is 119 Å². The van der Waals surface area contributed by atoms with Crippen LogP contribution < -0.4 is 20.1 Å². The summed E-state index contributed by atoms with van der Waals surface area (Å²) in [6, 6.07) is 28.8. The summed E-state index contributed by atoms with van der Waals surface area (Å²) < 4.78 is 24.8. The molecule has 4 aromatic rings. The van der Waals surface area contributed by atoms with Crippen LogP contribution in [0.5, 0.6) is 11.5 Å². The number of fused-ring (bicyclic) bond motifs is 1. The van der Waals surface area contributed by atoms with Gasteiger partial charge in [-0.2, -0.15) is 0 Å². The molecule has 2 aliphatic heterocycles. The highest BCUT2D eigenvalue weighted by molar-refractivity contribution is 5.76. The van der Waals surface area contributed by atoms with Crippen LogP contribution in [0.15, 0.2) is 84.9 Å². The lowest BCUT2D eigenvalue weighted by atomic mass is 9.89. The Labute approximate surface area is 325 Å². The van der Waals surface area contributed by atoms with Gasteiger partial charge in [0, 0.05) is 57.5 Å². The van der Waals surface area contributed by atoms with E-state index in [1.807, 2.05) is 24.3 Å². The molecule has 0 saturated carbocycles. The number of methoxy groups -OCH3 is 2. The molecule has 292 valence electrons. The van der Waals surface area contributed by atoms with E-state index in [9.17, 15) is 14.7 Å².